The quantitative estimate of drug-likeness (QED) is 0.506. The molecule has 0 fully saturated rings. The van der Waals surface area contributed by atoms with Crippen LogP contribution in [0.4, 0.5) is 5.69 Å². The highest BCUT2D eigenvalue weighted by Gasteiger charge is 2.16. The van der Waals surface area contributed by atoms with Crippen molar-refractivity contribution in [3.63, 3.8) is 0 Å². The minimum Gasteiger partial charge on any atom is -0.492 e. The van der Waals surface area contributed by atoms with E-state index in [1.807, 2.05) is 25.1 Å². The van der Waals surface area contributed by atoms with Gasteiger partial charge in [0.05, 0.1) is 17.1 Å². The second kappa shape index (κ2) is 9.44. The lowest BCUT2D eigenvalue weighted by Crippen LogP contribution is -2.28. The molecule has 6 nitrogen and oxygen atoms in total. The van der Waals surface area contributed by atoms with Crippen molar-refractivity contribution in [1.82, 2.24) is 5.32 Å². The van der Waals surface area contributed by atoms with Gasteiger partial charge in [0.1, 0.15) is 12.4 Å². The van der Waals surface area contributed by atoms with Gasteiger partial charge in [0.25, 0.3) is 15.9 Å². The Morgan fingerprint density at radius 3 is 2.50 bits per heavy atom. The Morgan fingerprint density at radius 1 is 0.969 bits per heavy atom. The topological polar surface area (TPSA) is 84.5 Å². The smallest absolute Gasteiger partial charge is 0.261 e. The lowest BCUT2D eigenvalue weighted by Gasteiger charge is -2.11. The molecule has 3 aromatic carbocycles. The minimum atomic E-state index is -3.74. The van der Waals surface area contributed by atoms with Gasteiger partial charge in [-0.3, -0.25) is 9.52 Å². The van der Waals surface area contributed by atoms with Crippen LogP contribution in [0, 0.1) is 6.92 Å². The number of carbonyl (C=O) groups excluding carboxylic acids is 1. The summed E-state index contributed by atoms with van der Waals surface area (Å²) in [6.45, 7) is 2.54. The van der Waals surface area contributed by atoms with Gasteiger partial charge in [-0.2, -0.15) is 0 Å². The number of fused-ring (bicyclic) bond motifs is 1. The molecule has 1 aliphatic rings. The number of para-hydroxylation sites is 1. The first-order chi connectivity index (χ1) is 15.4. The van der Waals surface area contributed by atoms with Gasteiger partial charge in [0, 0.05) is 5.56 Å². The largest absolute Gasteiger partial charge is 0.492 e. The zero-order chi connectivity index (χ0) is 22.6. The van der Waals surface area contributed by atoms with Crippen molar-refractivity contribution in [2.24, 2.45) is 0 Å². The predicted octanol–water partition coefficient (Wildman–Crippen LogP) is 4.09. The van der Waals surface area contributed by atoms with Crippen LogP contribution in [0.5, 0.6) is 5.75 Å². The van der Waals surface area contributed by atoms with Crippen molar-refractivity contribution in [3.8, 4) is 5.75 Å². The molecular formula is C25H26N2O4S. The molecule has 0 aromatic heterocycles. The van der Waals surface area contributed by atoms with Crippen LogP contribution < -0.4 is 14.8 Å². The van der Waals surface area contributed by atoms with E-state index in [1.165, 1.54) is 41.8 Å². The Bertz CT molecular complexity index is 1220. The highest BCUT2D eigenvalue weighted by molar-refractivity contribution is 7.92. The number of aryl methyl sites for hydroxylation is 3. The summed E-state index contributed by atoms with van der Waals surface area (Å²) in [5.41, 5.74) is 4.48. The average molecular weight is 451 g/mol. The third kappa shape index (κ3) is 5.11. The first-order valence-electron chi connectivity index (χ1n) is 10.6. The minimum absolute atomic E-state index is 0.0947. The van der Waals surface area contributed by atoms with E-state index in [4.69, 9.17) is 4.74 Å². The van der Waals surface area contributed by atoms with Crippen LogP contribution in [0.25, 0.3) is 0 Å². The molecule has 0 radical (unpaired) electrons. The molecule has 0 bridgehead atoms. The van der Waals surface area contributed by atoms with E-state index in [9.17, 15) is 13.2 Å². The number of anilines is 1. The first kappa shape index (κ1) is 21.9. The second-order valence-corrected chi connectivity index (χ2v) is 9.52. The molecule has 7 heteroatoms. The monoisotopic (exact) mass is 450 g/mol. The van der Waals surface area contributed by atoms with Crippen molar-refractivity contribution in [3.05, 3.63) is 89.0 Å². The van der Waals surface area contributed by atoms with E-state index in [0.717, 1.165) is 24.2 Å². The van der Waals surface area contributed by atoms with Crippen molar-refractivity contribution in [1.29, 1.82) is 0 Å². The first-order valence-corrected chi connectivity index (χ1v) is 12.1. The molecule has 3 aromatic rings. The van der Waals surface area contributed by atoms with Crippen LogP contribution in [0.3, 0.4) is 0 Å². The predicted molar refractivity (Wildman–Crippen MR) is 125 cm³/mol. The molecule has 1 aliphatic carbocycles. The fourth-order valence-corrected chi connectivity index (χ4v) is 4.88. The lowest BCUT2D eigenvalue weighted by molar-refractivity contribution is 0.0947. The Hall–Kier alpha value is -3.32. The third-order valence-electron chi connectivity index (χ3n) is 5.54. The number of amides is 1. The van der Waals surface area contributed by atoms with Crippen LogP contribution in [-0.4, -0.2) is 27.5 Å². The number of hydrogen-bond acceptors (Lipinski definition) is 4. The number of sulfonamides is 1. The molecule has 0 aliphatic heterocycles. The normalized spacial score (nSPS) is 12.8. The summed E-state index contributed by atoms with van der Waals surface area (Å²) in [7, 11) is -3.74. The molecule has 32 heavy (non-hydrogen) atoms. The number of rotatable bonds is 8. The molecule has 0 unspecified atom stereocenters. The van der Waals surface area contributed by atoms with Gasteiger partial charge < -0.3 is 10.1 Å². The Morgan fingerprint density at radius 2 is 1.72 bits per heavy atom. The Kier molecular flexibility index (Phi) is 6.46. The van der Waals surface area contributed by atoms with Gasteiger partial charge in [-0.25, -0.2) is 8.42 Å². The molecule has 4 rings (SSSR count). The second-order valence-electron chi connectivity index (χ2n) is 7.83. The van der Waals surface area contributed by atoms with Crippen molar-refractivity contribution in [2.75, 3.05) is 17.9 Å². The highest BCUT2D eigenvalue weighted by atomic mass is 32.2. The van der Waals surface area contributed by atoms with Crippen LogP contribution in [-0.2, 0) is 22.9 Å². The Balaban J connectivity index is 1.29. The molecule has 0 atom stereocenters. The summed E-state index contributed by atoms with van der Waals surface area (Å²) < 4.78 is 33.6. The maximum Gasteiger partial charge on any atom is 0.261 e. The summed E-state index contributed by atoms with van der Waals surface area (Å²) in [6, 6.07) is 19.2. The van der Waals surface area contributed by atoms with E-state index in [-0.39, 0.29) is 10.8 Å². The maximum atomic E-state index is 12.6. The van der Waals surface area contributed by atoms with E-state index < -0.39 is 10.0 Å². The molecule has 0 spiro atoms. The van der Waals surface area contributed by atoms with Gasteiger partial charge in [-0.05, 0) is 85.3 Å². The number of ether oxygens (including phenoxy) is 1. The van der Waals surface area contributed by atoms with Crippen molar-refractivity contribution >= 4 is 21.6 Å². The molecule has 166 valence electrons. The van der Waals surface area contributed by atoms with Gasteiger partial charge >= 0.3 is 0 Å². The number of carbonyl (C=O) groups is 1. The molecule has 0 saturated carbocycles. The molecule has 0 saturated heterocycles. The zero-order valence-corrected chi connectivity index (χ0v) is 18.7. The van der Waals surface area contributed by atoms with Crippen molar-refractivity contribution < 1.29 is 17.9 Å². The van der Waals surface area contributed by atoms with E-state index in [0.29, 0.717) is 24.4 Å². The molecule has 2 N–H and O–H groups in total. The van der Waals surface area contributed by atoms with Gasteiger partial charge in [0.15, 0.2) is 0 Å². The van der Waals surface area contributed by atoms with Crippen LogP contribution >= 0.6 is 0 Å². The summed E-state index contributed by atoms with van der Waals surface area (Å²) in [5.74, 6) is 0.536. The van der Waals surface area contributed by atoms with E-state index in [2.05, 4.69) is 22.2 Å². The molecule has 1 amide bonds. The van der Waals surface area contributed by atoms with Crippen LogP contribution in [0.2, 0.25) is 0 Å². The summed E-state index contributed by atoms with van der Waals surface area (Å²) in [4.78, 5) is 12.5. The SMILES string of the molecule is Cc1ccccc1NS(=O)(=O)c1ccc(C(=O)NCCOc2ccc3c(c2)CCC3)cc1. The fraction of sp³-hybridized carbons (Fsp3) is 0.240. The number of benzene rings is 3. The average Bonchev–Trinajstić information content (AvgIpc) is 3.26. The lowest BCUT2D eigenvalue weighted by atomic mass is 10.1. The number of nitrogens with one attached hydrogen (secondary N) is 2. The maximum absolute atomic E-state index is 12.6. The third-order valence-corrected chi connectivity index (χ3v) is 6.92. The van der Waals surface area contributed by atoms with Crippen molar-refractivity contribution in [2.45, 2.75) is 31.1 Å². The van der Waals surface area contributed by atoms with Crippen LogP contribution in [0.1, 0.15) is 33.5 Å². The zero-order valence-electron chi connectivity index (χ0n) is 17.9. The molecular weight excluding hydrogens is 424 g/mol. The fourth-order valence-electron chi connectivity index (χ4n) is 3.75. The van der Waals surface area contributed by atoms with E-state index in [1.54, 1.807) is 12.1 Å². The highest BCUT2D eigenvalue weighted by Crippen LogP contribution is 2.26. The van der Waals surface area contributed by atoms with Crippen LogP contribution in [0.15, 0.2) is 71.6 Å². The van der Waals surface area contributed by atoms with Gasteiger partial charge in [-0.1, -0.05) is 24.3 Å². The Labute approximate surface area is 188 Å². The van der Waals surface area contributed by atoms with Gasteiger partial charge in [-0.15, -0.1) is 0 Å². The molecule has 0 heterocycles. The van der Waals surface area contributed by atoms with E-state index >= 15 is 0 Å². The summed E-state index contributed by atoms with van der Waals surface area (Å²) in [6.07, 6.45) is 3.42. The number of hydrogen-bond donors (Lipinski definition) is 2. The summed E-state index contributed by atoms with van der Waals surface area (Å²) >= 11 is 0. The summed E-state index contributed by atoms with van der Waals surface area (Å²) in [5, 5.41) is 2.80. The van der Waals surface area contributed by atoms with Gasteiger partial charge in [0.2, 0.25) is 0 Å². The standard InChI is InChI=1S/C25H26N2O4S/c1-18-5-2-3-8-24(18)27-32(29,30)23-13-10-20(11-14-23)25(28)26-15-16-31-22-12-9-19-6-4-7-21(19)17-22/h2-3,5,8-14,17,27H,4,6-7,15-16H2,1H3,(H,26,28).